The van der Waals surface area contributed by atoms with Crippen LogP contribution >= 0.6 is 7.82 Å². The molecule has 0 aliphatic rings. The minimum atomic E-state index is -4.33. The summed E-state index contributed by atoms with van der Waals surface area (Å²) in [6.45, 7) is 4.95. The van der Waals surface area contributed by atoms with Crippen molar-refractivity contribution in [3.8, 4) is 0 Å². The summed E-state index contributed by atoms with van der Waals surface area (Å²) in [5.74, 6) is -0.137. The molecule has 476 valence electrons. The molecule has 3 unspecified atom stereocenters. The molecule has 0 saturated heterocycles. The molecule has 0 bridgehead atoms. The van der Waals surface area contributed by atoms with E-state index in [4.69, 9.17) is 9.05 Å². The van der Waals surface area contributed by atoms with Gasteiger partial charge in [-0.2, -0.15) is 0 Å². The number of aliphatic hydroxyl groups excluding tert-OH is 1. The number of phosphoric ester groups is 1. The summed E-state index contributed by atoms with van der Waals surface area (Å²) in [5, 5.41) is 14.1. The third-order valence-corrected chi connectivity index (χ3v) is 17.7. The summed E-state index contributed by atoms with van der Waals surface area (Å²) in [4.78, 5) is 23.4. The molecule has 0 aliphatic carbocycles. The zero-order chi connectivity index (χ0) is 58.4. The molecule has 1 amide bonds. The van der Waals surface area contributed by atoms with Crippen LogP contribution in [0.3, 0.4) is 0 Å². The molecule has 0 saturated carbocycles. The highest BCUT2D eigenvalue weighted by Gasteiger charge is 2.28. The van der Waals surface area contributed by atoms with Crippen molar-refractivity contribution >= 4 is 13.7 Å². The topological polar surface area (TPSA) is 105 Å². The number of amides is 1. The van der Waals surface area contributed by atoms with E-state index in [1.54, 1.807) is 0 Å². The van der Waals surface area contributed by atoms with Gasteiger partial charge in [0.2, 0.25) is 5.91 Å². The number of unbranched alkanes of at least 4 members (excludes halogenated alkanes) is 50. The highest BCUT2D eigenvalue weighted by atomic mass is 31.2. The SMILES string of the molecule is CCCCCCCCCCCCCCC/C=C\C/C=C\CCCCCCCCCCCCCCCCCCCC(=O)NC(COP(=O)(O)OCC[N+](C)(C)C)C(O)CCCCCCCCCCCCCCCCCCCCCCC. The molecule has 0 aromatic rings. The number of rotatable bonds is 67. The number of nitrogens with one attached hydrogen (secondary N) is 1. The molecule has 0 aromatic carbocycles. The molecule has 0 rings (SSSR count). The molecule has 0 spiro atoms. The molecule has 0 radical (unpaired) electrons. The summed E-state index contributed by atoms with van der Waals surface area (Å²) in [6.07, 6.45) is 81.5. The van der Waals surface area contributed by atoms with Crippen molar-refractivity contribution in [1.29, 1.82) is 0 Å². The second-order valence-corrected chi connectivity index (χ2v) is 27.4. The number of carbonyl (C=O) groups excluding carboxylic acids is 1. The van der Waals surface area contributed by atoms with Gasteiger partial charge in [0.05, 0.1) is 39.9 Å². The normalized spacial score (nSPS) is 13.7. The zero-order valence-corrected chi connectivity index (χ0v) is 55.5. The van der Waals surface area contributed by atoms with Gasteiger partial charge in [-0.15, -0.1) is 0 Å². The first-order valence-corrected chi connectivity index (χ1v) is 37.2. The first-order valence-electron chi connectivity index (χ1n) is 35.7. The van der Waals surface area contributed by atoms with Gasteiger partial charge in [0, 0.05) is 6.42 Å². The van der Waals surface area contributed by atoms with E-state index in [1.165, 1.54) is 302 Å². The van der Waals surface area contributed by atoms with E-state index >= 15 is 0 Å². The molecule has 0 heterocycles. The lowest BCUT2D eigenvalue weighted by Gasteiger charge is -2.26. The highest BCUT2D eigenvalue weighted by molar-refractivity contribution is 7.47. The zero-order valence-electron chi connectivity index (χ0n) is 54.6. The number of carbonyl (C=O) groups is 1. The summed E-state index contributed by atoms with van der Waals surface area (Å²) in [5.41, 5.74) is 0. The van der Waals surface area contributed by atoms with Crippen LogP contribution in [0.1, 0.15) is 373 Å². The Morgan fingerprint density at radius 2 is 0.713 bits per heavy atom. The third kappa shape index (κ3) is 64.5. The first-order chi connectivity index (χ1) is 39.0. The molecule has 8 nitrogen and oxygen atoms in total. The molecule has 3 N–H and O–H groups in total. The lowest BCUT2D eigenvalue weighted by atomic mass is 10.0. The van der Waals surface area contributed by atoms with E-state index < -0.39 is 20.0 Å². The Labute approximate surface area is 500 Å². The Balaban J connectivity index is 3.94. The van der Waals surface area contributed by atoms with E-state index in [0.29, 0.717) is 23.9 Å². The second kappa shape index (κ2) is 62.5. The van der Waals surface area contributed by atoms with Crippen molar-refractivity contribution in [1.82, 2.24) is 5.32 Å². The van der Waals surface area contributed by atoms with Crippen LogP contribution in [0.5, 0.6) is 0 Å². The molecule has 3 atom stereocenters. The quantitative estimate of drug-likeness (QED) is 0.0243. The number of aliphatic hydroxyl groups is 1. The highest BCUT2D eigenvalue weighted by Crippen LogP contribution is 2.43. The number of quaternary nitrogens is 1. The Kier molecular flexibility index (Phi) is 61.7. The minimum Gasteiger partial charge on any atom is -0.391 e. The van der Waals surface area contributed by atoms with Gasteiger partial charge in [0.15, 0.2) is 0 Å². The van der Waals surface area contributed by atoms with Crippen molar-refractivity contribution in [3.63, 3.8) is 0 Å². The third-order valence-electron chi connectivity index (χ3n) is 16.7. The van der Waals surface area contributed by atoms with E-state index in [1.807, 2.05) is 21.1 Å². The van der Waals surface area contributed by atoms with E-state index in [-0.39, 0.29) is 19.1 Å². The van der Waals surface area contributed by atoms with Gasteiger partial charge in [-0.25, -0.2) is 4.57 Å². The summed E-state index contributed by atoms with van der Waals surface area (Å²) >= 11 is 0. The molecular formula is C71H142N2O6P+. The van der Waals surface area contributed by atoms with Crippen LogP contribution in [0.15, 0.2) is 24.3 Å². The van der Waals surface area contributed by atoms with Gasteiger partial charge >= 0.3 is 7.82 Å². The van der Waals surface area contributed by atoms with Crippen molar-refractivity contribution in [3.05, 3.63) is 24.3 Å². The van der Waals surface area contributed by atoms with Crippen LogP contribution in [0, 0.1) is 0 Å². The Bertz CT molecular complexity index is 1350. The molecule has 9 heteroatoms. The number of phosphoric acid groups is 1. The first kappa shape index (κ1) is 79.0. The largest absolute Gasteiger partial charge is 0.472 e. The average Bonchev–Trinajstić information content (AvgIpc) is 3.42. The minimum absolute atomic E-state index is 0.0772. The van der Waals surface area contributed by atoms with Crippen molar-refractivity contribution in [2.24, 2.45) is 0 Å². The fraction of sp³-hybridized carbons (Fsp3) is 0.930. The number of hydrogen-bond acceptors (Lipinski definition) is 5. The maximum atomic E-state index is 13.1. The van der Waals surface area contributed by atoms with Crippen LogP contribution in [-0.4, -0.2) is 73.4 Å². The van der Waals surface area contributed by atoms with Crippen molar-refractivity contribution in [2.75, 3.05) is 40.9 Å². The predicted octanol–water partition coefficient (Wildman–Crippen LogP) is 22.7. The summed E-state index contributed by atoms with van der Waals surface area (Å²) in [6, 6.07) is -0.760. The van der Waals surface area contributed by atoms with Gasteiger partial charge < -0.3 is 19.8 Å². The second-order valence-electron chi connectivity index (χ2n) is 26.0. The fourth-order valence-electron chi connectivity index (χ4n) is 11.1. The van der Waals surface area contributed by atoms with Crippen LogP contribution in [-0.2, 0) is 18.4 Å². The molecule has 0 fully saturated rings. The van der Waals surface area contributed by atoms with Gasteiger partial charge in [-0.1, -0.05) is 346 Å². The van der Waals surface area contributed by atoms with Crippen LogP contribution < -0.4 is 5.32 Å². The maximum absolute atomic E-state index is 13.1. The predicted molar refractivity (Wildman–Crippen MR) is 351 cm³/mol. The Hall–Kier alpha value is -1.02. The molecule has 80 heavy (non-hydrogen) atoms. The molecule has 0 aromatic heterocycles. The molecular weight excluding hydrogens is 1010 g/mol. The number of likely N-dealkylation sites (N-methyl/N-ethyl adjacent to an activating group) is 1. The Morgan fingerprint density at radius 1 is 0.425 bits per heavy atom. The van der Waals surface area contributed by atoms with E-state index in [9.17, 15) is 19.4 Å². The molecule has 0 aliphatic heterocycles. The van der Waals surface area contributed by atoms with Gasteiger partial charge in [-0.3, -0.25) is 13.8 Å². The summed E-state index contributed by atoms with van der Waals surface area (Å²) in [7, 11) is 1.63. The number of hydrogen-bond donors (Lipinski definition) is 3. The summed E-state index contributed by atoms with van der Waals surface area (Å²) < 4.78 is 23.9. The number of allylic oxidation sites excluding steroid dienone is 4. The van der Waals surface area contributed by atoms with E-state index in [0.717, 1.165) is 44.9 Å². The monoisotopic (exact) mass is 1150 g/mol. The maximum Gasteiger partial charge on any atom is 0.472 e. The fourth-order valence-corrected chi connectivity index (χ4v) is 11.9. The van der Waals surface area contributed by atoms with Crippen molar-refractivity contribution < 1.29 is 32.9 Å². The van der Waals surface area contributed by atoms with Crippen LogP contribution in [0.4, 0.5) is 0 Å². The van der Waals surface area contributed by atoms with Crippen LogP contribution in [0.25, 0.3) is 0 Å². The standard InChI is InChI=1S/C71H141N2O6P/c1-6-8-10-12-14-16-18-20-22-24-26-28-29-30-31-32-33-34-35-36-37-38-39-40-41-42-43-45-47-49-51-53-55-57-59-61-63-65-71(75)72-69(68-79-80(76,77)78-67-66-73(3,4)5)70(74)64-62-60-58-56-54-52-50-48-46-44-27-25-23-21-19-17-15-13-11-9-7-2/h31-32,34-35,69-70,74H,6-30,33,36-68H2,1-5H3,(H-,72,75,76,77)/p+1/b32-31-,35-34-. The lowest BCUT2D eigenvalue weighted by Crippen LogP contribution is -2.46. The van der Waals surface area contributed by atoms with E-state index in [2.05, 4.69) is 43.5 Å². The Morgan fingerprint density at radius 3 is 1.02 bits per heavy atom. The number of nitrogens with zero attached hydrogens (tertiary/aromatic N) is 1. The van der Waals surface area contributed by atoms with Gasteiger partial charge in [0.1, 0.15) is 13.2 Å². The lowest BCUT2D eigenvalue weighted by molar-refractivity contribution is -0.870. The van der Waals surface area contributed by atoms with Crippen LogP contribution in [0.2, 0.25) is 0 Å². The van der Waals surface area contributed by atoms with Crippen molar-refractivity contribution in [2.45, 2.75) is 386 Å². The van der Waals surface area contributed by atoms with Gasteiger partial charge in [-0.05, 0) is 44.9 Å². The smallest absolute Gasteiger partial charge is 0.391 e. The van der Waals surface area contributed by atoms with Gasteiger partial charge in [0.25, 0.3) is 0 Å². The average molecular weight is 1150 g/mol.